The molecule has 7 N–H and O–H groups in total. The van der Waals surface area contributed by atoms with E-state index in [9.17, 15) is 78.6 Å². The van der Waals surface area contributed by atoms with Crippen molar-refractivity contribution in [3.8, 4) is 0 Å². The highest BCUT2D eigenvalue weighted by Crippen LogP contribution is 2.53. The Bertz CT molecular complexity index is 4180. The van der Waals surface area contributed by atoms with E-state index < -0.39 is 42.6 Å². The first-order valence-corrected chi connectivity index (χ1v) is 56.3. The molecule has 0 aromatic carbocycles. The van der Waals surface area contributed by atoms with Gasteiger partial charge in [0.15, 0.2) is 0 Å². The van der Waals surface area contributed by atoms with Crippen molar-refractivity contribution >= 4 is 59.7 Å². The lowest BCUT2D eigenvalue weighted by atomic mass is 9.65. The van der Waals surface area contributed by atoms with Crippen molar-refractivity contribution in [3.63, 3.8) is 0 Å². The van der Waals surface area contributed by atoms with E-state index in [2.05, 4.69) is 160 Å². The van der Waals surface area contributed by atoms with Gasteiger partial charge in [-0.3, -0.25) is 47.9 Å². The molecule has 146 heavy (non-hydrogen) atoms. The lowest BCUT2D eigenvalue weighted by Crippen LogP contribution is -2.42. The molecule has 0 amide bonds. The number of esters is 9. The van der Waals surface area contributed by atoms with Gasteiger partial charge in [-0.25, -0.2) is 0 Å². The van der Waals surface area contributed by atoms with Crippen LogP contribution in [0.5, 0.6) is 0 Å². The van der Waals surface area contributed by atoms with Crippen LogP contribution in [0.4, 0.5) is 0 Å². The molecule has 0 aromatic heterocycles. The molecule has 4 aliphatic heterocycles. The van der Waals surface area contributed by atoms with Crippen molar-refractivity contribution in [2.24, 2.45) is 148 Å². The lowest BCUT2D eigenvalue weighted by Gasteiger charge is -2.43. The van der Waals surface area contributed by atoms with Gasteiger partial charge >= 0.3 is 59.7 Å². The van der Waals surface area contributed by atoms with E-state index in [1.165, 1.54) is 27.9 Å². The molecule has 14 aliphatic rings. The van der Waals surface area contributed by atoms with Crippen molar-refractivity contribution in [3.05, 3.63) is 119 Å². The molecular weight excluding hydrogens is 1860 g/mol. The zero-order valence-electron chi connectivity index (χ0n) is 91.4. The normalized spacial score (nSPS) is 36.5. The van der Waals surface area contributed by atoms with Gasteiger partial charge in [0.1, 0.15) is 54.9 Å². The SMILES string of the molecule is CC[C@H](C)C(=O)O[C@H]1C[C@@H](C)C=C2C=C[C@H](C)[C@H](CC[C@@H](O)C[C@@H](O)CC(=O)O)[C@H]21.CC[C@H](C)C(=O)O[C@H]1C[C@@H](C)C=C2C=C[C@H](C)[C@H](CC[C@@H]3C[C@@H](O)CC(=O)O3)[C@H]21.CC[C@H](C)C(=O)O[C@H]1C[C@@H](C)C=C2C=C[C@H](C)[C@H](CC[C@@H]3C[C@@H](O)CC(=O)O3)[C@H]21.CC[C@H](C)C(=O)O[C@H]1C[C@@H](C)C=C2C=C[C@H](C)[C@H](CC[C@@H]3C[C@@H](O)CC(=O)O3)[C@H]21.CC[C@H](C)C(=O)O[C@H]1C[C@@H](C)C=C2C=C[C@H](C)[C@H](CC[C@@H]3C[C@@H](O)CC(=O)O3)[C@H]21. The summed E-state index contributed by atoms with van der Waals surface area (Å²) in [7, 11) is 0. The lowest BCUT2D eigenvalue weighted by molar-refractivity contribution is -0.162. The summed E-state index contributed by atoms with van der Waals surface area (Å²) in [5.41, 5.74) is 6.30. The Kier molecular flexibility index (Phi) is 46.6. The summed E-state index contributed by atoms with van der Waals surface area (Å²) in [4.78, 5) is 120. The van der Waals surface area contributed by atoms with Crippen LogP contribution in [0, 0.1) is 148 Å². The van der Waals surface area contributed by atoms with Gasteiger partial charge in [0.05, 0.1) is 98.3 Å². The Balaban J connectivity index is 0.000000187. The fraction of sp³-hybridized carbons (Fsp3) is 0.750. The molecular formula is C120H182O26. The Hall–Kier alpha value is -8.14. The van der Waals surface area contributed by atoms with E-state index in [1.54, 1.807) is 0 Å². The second-order valence-electron chi connectivity index (χ2n) is 46.7. The van der Waals surface area contributed by atoms with Crippen LogP contribution < -0.4 is 0 Å². The first kappa shape index (κ1) is 120. The number of allylic oxidation sites excluding steroid dienone is 15. The number of cyclic esters (lactones) is 4. The molecule has 14 rings (SSSR count). The van der Waals surface area contributed by atoms with E-state index >= 15 is 0 Å². The number of fused-ring (bicyclic) bond motifs is 5. The van der Waals surface area contributed by atoms with E-state index in [0.29, 0.717) is 109 Å². The maximum atomic E-state index is 12.5. The summed E-state index contributed by atoms with van der Waals surface area (Å²) in [5, 5.41) is 68.5. The van der Waals surface area contributed by atoms with Gasteiger partial charge in [0.2, 0.25) is 0 Å². The number of aliphatic carboxylic acids is 1. The highest BCUT2D eigenvalue weighted by molar-refractivity contribution is 5.76. The van der Waals surface area contributed by atoms with Crippen LogP contribution in [-0.2, 0) is 90.6 Å². The average Bonchev–Trinajstić information content (AvgIpc) is 0.792. The van der Waals surface area contributed by atoms with Crippen molar-refractivity contribution in [2.45, 2.75) is 423 Å². The van der Waals surface area contributed by atoms with Gasteiger partial charge in [0.25, 0.3) is 0 Å². The van der Waals surface area contributed by atoms with E-state index in [0.717, 1.165) is 122 Å². The van der Waals surface area contributed by atoms with Crippen molar-refractivity contribution < 1.29 is 126 Å². The Morgan fingerprint density at radius 1 is 0.308 bits per heavy atom. The molecule has 4 saturated heterocycles. The molecule has 4 heterocycles. The van der Waals surface area contributed by atoms with Crippen LogP contribution in [0.3, 0.4) is 0 Å². The largest absolute Gasteiger partial charge is 0.481 e. The average molecular weight is 2040 g/mol. The number of ether oxygens (including phenoxy) is 9. The number of carbonyl (C=O) groups is 10. The topological polar surface area (TPSA) is 395 Å². The fourth-order valence-electron chi connectivity index (χ4n) is 25.0. The maximum absolute atomic E-state index is 12.5. The molecule has 0 saturated carbocycles. The number of carboxylic acids is 1. The third-order valence-corrected chi connectivity index (χ3v) is 34.4. The fourth-order valence-corrected chi connectivity index (χ4v) is 25.0. The molecule has 0 unspecified atom stereocenters. The van der Waals surface area contributed by atoms with Crippen molar-refractivity contribution in [2.75, 3.05) is 0 Å². The number of hydrogen-bond donors (Lipinski definition) is 7. The number of carbonyl (C=O) groups excluding carboxylic acids is 9. The second-order valence-corrected chi connectivity index (χ2v) is 46.7. The predicted octanol–water partition coefficient (Wildman–Crippen LogP) is 20.5. The van der Waals surface area contributed by atoms with Crippen LogP contribution in [0.25, 0.3) is 0 Å². The van der Waals surface area contributed by atoms with Crippen LogP contribution in [0.2, 0.25) is 0 Å². The molecule has 0 bridgehead atoms. The summed E-state index contributed by atoms with van der Waals surface area (Å²) in [6, 6.07) is 0. The minimum atomic E-state index is -1.07. The van der Waals surface area contributed by atoms with Gasteiger partial charge in [-0.1, -0.05) is 230 Å². The van der Waals surface area contributed by atoms with Crippen LogP contribution in [-0.4, -0.2) is 187 Å². The highest BCUT2D eigenvalue weighted by atomic mass is 16.6. The summed E-state index contributed by atoms with van der Waals surface area (Å²) in [5.74, 6) is 2.61. The van der Waals surface area contributed by atoms with E-state index in [1.807, 2.05) is 69.2 Å². The van der Waals surface area contributed by atoms with Crippen LogP contribution in [0.15, 0.2) is 119 Å². The van der Waals surface area contributed by atoms with E-state index in [4.69, 9.17) is 47.7 Å². The summed E-state index contributed by atoms with van der Waals surface area (Å²) >= 11 is 0. The number of hydrogen-bond acceptors (Lipinski definition) is 25. The molecule has 0 aromatic rings. The Morgan fingerprint density at radius 3 is 0.692 bits per heavy atom. The molecule has 818 valence electrons. The Morgan fingerprint density at radius 2 is 0.507 bits per heavy atom. The number of aliphatic hydroxyl groups excluding tert-OH is 6. The smallest absolute Gasteiger partial charge is 0.308 e. The maximum Gasteiger partial charge on any atom is 0.308 e. The predicted molar refractivity (Wildman–Crippen MR) is 558 cm³/mol. The third-order valence-electron chi connectivity index (χ3n) is 34.4. The first-order valence-electron chi connectivity index (χ1n) is 56.3. The van der Waals surface area contributed by atoms with E-state index in [-0.39, 0.29) is 218 Å². The van der Waals surface area contributed by atoms with Gasteiger partial charge in [-0.15, -0.1) is 0 Å². The number of aliphatic hydroxyl groups is 6. The van der Waals surface area contributed by atoms with Crippen molar-refractivity contribution in [1.29, 1.82) is 0 Å². The summed E-state index contributed by atoms with van der Waals surface area (Å²) < 4.78 is 52.0. The molecule has 40 atom stereocenters. The second kappa shape index (κ2) is 56.8. The molecule has 26 nitrogen and oxygen atoms in total. The molecule has 10 aliphatic carbocycles. The van der Waals surface area contributed by atoms with Crippen LogP contribution >= 0.6 is 0 Å². The first-order chi connectivity index (χ1) is 69.2. The number of rotatable bonds is 34. The minimum Gasteiger partial charge on any atom is -0.481 e. The van der Waals surface area contributed by atoms with Crippen molar-refractivity contribution in [1.82, 2.24) is 0 Å². The third kappa shape index (κ3) is 34.4. The van der Waals surface area contributed by atoms with Gasteiger partial charge in [0, 0.05) is 55.3 Å². The van der Waals surface area contributed by atoms with Crippen LogP contribution in [0.1, 0.15) is 331 Å². The quantitative estimate of drug-likeness (QED) is 0.0232. The Labute approximate surface area is 870 Å². The number of carboxylic acid groups (broad SMARTS) is 1. The molecule has 26 heteroatoms. The summed E-state index contributed by atoms with van der Waals surface area (Å²) in [6.45, 7) is 41.5. The summed E-state index contributed by atoms with van der Waals surface area (Å²) in [6.07, 6.45) is 45.9. The standard InChI is InChI=1S/C24H38O6.4C24H36O5/c1-5-15(3)24(29)30-21-11-14(2)10-17-7-6-16(4)20(23(17)21)9-8-18(25)12-19(26)13-22(27)28;4*1-5-15(3)24(27)29-21-11-14(2)10-17-7-6-16(4)20(23(17)21)9-8-19-12-18(25)13-22(26)28-19/h6-7,10,14-16,18-21,23,25-26H,5,8-9,11-13H2,1-4H3,(H,27,28);4*6-7,10,14-16,18-21,23,25H,5,8-9,11-13H2,1-4H3/t5*14-,15-,16-,18+,19+,20-,21-,23-/m00000/s1. The zero-order valence-corrected chi connectivity index (χ0v) is 91.4. The highest BCUT2D eigenvalue weighted by Gasteiger charge is 2.50. The molecule has 0 radical (unpaired) electrons. The molecule has 0 spiro atoms. The minimum absolute atomic E-state index is 0.0556. The van der Waals surface area contributed by atoms with Gasteiger partial charge in [-0.05, 0) is 251 Å². The van der Waals surface area contributed by atoms with Gasteiger partial charge in [-0.2, -0.15) is 0 Å². The molecule has 4 fully saturated rings. The zero-order chi connectivity index (χ0) is 107. The van der Waals surface area contributed by atoms with Gasteiger partial charge < -0.3 is 78.4 Å². The monoisotopic (exact) mass is 2040 g/mol.